The van der Waals surface area contributed by atoms with Crippen LogP contribution in [0.4, 0.5) is 0 Å². The monoisotopic (exact) mass is 352 g/mol. The lowest BCUT2D eigenvalue weighted by molar-refractivity contribution is -0.132. The lowest BCUT2D eigenvalue weighted by Gasteiger charge is -2.31. The van der Waals surface area contributed by atoms with E-state index in [9.17, 15) is 9.59 Å². The molecule has 0 spiro atoms. The first-order chi connectivity index (χ1) is 10.1. The molecule has 0 radical (unpaired) electrons. The van der Waals surface area contributed by atoms with Crippen LogP contribution in [0.1, 0.15) is 36.5 Å². The van der Waals surface area contributed by atoms with Gasteiger partial charge in [-0.2, -0.15) is 0 Å². The number of nitrogens with zero attached hydrogens (tertiary/aromatic N) is 1. The number of piperidine rings is 1. The van der Waals surface area contributed by atoms with Crippen LogP contribution >= 0.6 is 15.9 Å². The summed E-state index contributed by atoms with van der Waals surface area (Å²) in [6.45, 7) is 4.26. The van der Waals surface area contributed by atoms with Crippen LogP contribution in [-0.2, 0) is 4.79 Å². The summed E-state index contributed by atoms with van der Waals surface area (Å²) in [5, 5.41) is 2.80. The third-order valence-corrected chi connectivity index (χ3v) is 4.27. The Morgan fingerprint density at radius 3 is 2.71 bits per heavy atom. The molecular weight excluding hydrogens is 332 g/mol. The third-order valence-electron chi connectivity index (χ3n) is 3.74. The maximum atomic E-state index is 12.1. The minimum Gasteiger partial charge on any atom is -0.352 e. The molecule has 1 aliphatic rings. The molecule has 4 nitrogen and oxygen atoms in total. The average Bonchev–Trinajstić information content (AvgIpc) is 2.47. The van der Waals surface area contributed by atoms with Crippen LogP contribution in [-0.4, -0.2) is 36.3 Å². The quantitative estimate of drug-likeness (QED) is 0.905. The molecule has 1 aromatic rings. The van der Waals surface area contributed by atoms with E-state index < -0.39 is 0 Å². The Labute approximate surface area is 134 Å². The van der Waals surface area contributed by atoms with E-state index in [0.717, 1.165) is 24.0 Å². The number of likely N-dealkylation sites (tertiary alicyclic amines) is 1. The fourth-order valence-electron chi connectivity index (χ4n) is 2.56. The fraction of sp³-hybridized carbons (Fsp3) is 0.500. The Balaban J connectivity index is 1.74. The van der Waals surface area contributed by atoms with E-state index in [1.807, 2.05) is 17.0 Å². The first-order valence-corrected chi connectivity index (χ1v) is 8.17. The van der Waals surface area contributed by atoms with Crippen LogP contribution in [0.5, 0.6) is 0 Å². The topological polar surface area (TPSA) is 49.4 Å². The molecule has 5 heteroatoms. The molecule has 1 N–H and O–H groups in total. The first-order valence-electron chi connectivity index (χ1n) is 7.38. The SMILES string of the molecule is C[C@H]1CCCN(C(=O)CCNC(=O)c2ccc(Br)cc2)C1. The maximum Gasteiger partial charge on any atom is 0.251 e. The van der Waals surface area contributed by atoms with Gasteiger partial charge in [0.25, 0.3) is 5.91 Å². The van der Waals surface area contributed by atoms with Gasteiger partial charge >= 0.3 is 0 Å². The number of carbonyl (C=O) groups is 2. The second kappa shape index (κ2) is 7.59. The minimum absolute atomic E-state index is 0.137. The Bertz CT molecular complexity index is 502. The van der Waals surface area contributed by atoms with E-state index in [1.54, 1.807) is 12.1 Å². The minimum atomic E-state index is -0.137. The van der Waals surface area contributed by atoms with Crippen molar-refractivity contribution in [2.24, 2.45) is 5.92 Å². The highest BCUT2D eigenvalue weighted by Crippen LogP contribution is 2.16. The van der Waals surface area contributed by atoms with Crippen molar-refractivity contribution in [3.8, 4) is 0 Å². The number of nitrogens with one attached hydrogen (secondary N) is 1. The number of hydrogen-bond donors (Lipinski definition) is 1. The van der Waals surface area contributed by atoms with E-state index in [1.165, 1.54) is 6.42 Å². The molecule has 0 aliphatic carbocycles. The van der Waals surface area contributed by atoms with Crippen LogP contribution in [0.2, 0.25) is 0 Å². The molecule has 0 saturated carbocycles. The van der Waals surface area contributed by atoms with Crippen LogP contribution < -0.4 is 5.32 Å². The third kappa shape index (κ3) is 4.84. The van der Waals surface area contributed by atoms with Gasteiger partial charge in [-0.05, 0) is 43.0 Å². The Kier molecular flexibility index (Phi) is 5.79. The summed E-state index contributed by atoms with van der Waals surface area (Å²) in [7, 11) is 0. The standard InChI is InChI=1S/C16H21BrN2O2/c1-12-3-2-10-19(11-12)15(20)8-9-18-16(21)13-4-6-14(17)7-5-13/h4-7,12H,2-3,8-11H2,1H3,(H,18,21)/t12-/m0/s1. The van der Waals surface area contributed by atoms with Gasteiger partial charge in [0.15, 0.2) is 0 Å². The number of rotatable bonds is 4. The van der Waals surface area contributed by atoms with E-state index >= 15 is 0 Å². The van der Waals surface area contributed by atoms with Gasteiger partial charge in [-0.15, -0.1) is 0 Å². The molecule has 0 aromatic heterocycles. The van der Waals surface area contributed by atoms with Gasteiger partial charge in [0.2, 0.25) is 5.91 Å². The number of amides is 2. The summed E-state index contributed by atoms with van der Waals surface area (Å²) >= 11 is 3.33. The van der Waals surface area contributed by atoms with Crippen LogP contribution in [0.3, 0.4) is 0 Å². The molecule has 1 heterocycles. The highest BCUT2D eigenvalue weighted by Gasteiger charge is 2.20. The van der Waals surface area contributed by atoms with Crippen molar-refractivity contribution in [3.63, 3.8) is 0 Å². The van der Waals surface area contributed by atoms with E-state index in [-0.39, 0.29) is 11.8 Å². The summed E-state index contributed by atoms with van der Waals surface area (Å²) < 4.78 is 0.938. The van der Waals surface area contributed by atoms with Gasteiger partial charge in [-0.25, -0.2) is 0 Å². The first kappa shape index (κ1) is 16.0. The zero-order chi connectivity index (χ0) is 15.2. The molecule has 114 valence electrons. The lowest BCUT2D eigenvalue weighted by atomic mass is 10.00. The molecule has 21 heavy (non-hydrogen) atoms. The number of benzene rings is 1. The van der Waals surface area contributed by atoms with Gasteiger partial charge in [0.05, 0.1) is 0 Å². The molecule has 0 unspecified atom stereocenters. The van der Waals surface area contributed by atoms with Crippen LogP contribution in [0.25, 0.3) is 0 Å². The zero-order valence-corrected chi connectivity index (χ0v) is 13.9. The van der Waals surface area contributed by atoms with E-state index in [2.05, 4.69) is 28.2 Å². The number of halogens is 1. The Morgan fingerprint density at radius 1 is 1.33 bits per heavy atom. The van der Waals surface area contributed by atoms with Gasteiger partial charge in [0, 0.05) is 36.1 Å². The van der Waals surface area contributed by atoms with Crippen molar-refractivity contribution in [2.45, 2.75) is 26.2 Å². The molecule has 1 saturated heterocycles. The largest absolute Gasteiger partial charge is 0.352 e. The number of carbonyl (C=O) groups excluding carboxylic acids is 2. The summed E-state index contributed by atoms with van der Waals surface area (Å²) in [5.74, 6) is 0.583. The van der Waals surface area contributed by atoms with Crippen molar-refractivity contribution in [1.82, 2.24) is 10.2 Å². The summed E-state index contributed by atoms with van der Waals surface area (Å²) in [4.78, 5) is 25.9. The van der Waals surface area contributed by atoms with Crippen molar-refractivity contribution >= 4 is 27.7 Å². The summed E-state index contributed by atoms with van der Waals surface area (Å²) in [6, 6.07) is 7.17. The highest BCUT2D eigenvalue weighted by atomic mass is 79.9. The zero-order valence-electron chi connectivity index (χ0n) is 12.3. The normalized spacial score (nSPS) is 18.4. The Hall–Kier alpha value is -1.36. The Morgan fingerprint density at radius 2 is 2.05 bits per heavy atom. The van der Waals surface area contributed by atoms with Crippen LogP contribution in [0.15, 0.2) is 28.7 Å². The van der Waals surface area contributed by atoms with Crippen molar-refractivity contribution in [1.29, 1.82) is 0 Å². The smallest absolute Gasteiger partial charge is 0.251 e. The van der Waals surface area contributed by atoms with Crippen molar-refractivity contribution in [2.75, 3.05) is 19.6 Å². The fourth-order valence-corrected chi connectivity index (χ4v) is 2.82. The molecule has 0 bridgehead atoms. The molecule has 1 fully saturated rings. The van der Waals surface area contributed by atoms with Gasteiger partial charge in [-0.1, -0.05) is 22.9 Å². The summed E-state index contributed by atoms with van der Waals surface area (Å²) in [5.41, 5.74) is 0.609. The molecule has 1 atom stereocenters. The number of hydrogen-bond acceptors (Lipinski definition) is 2. The van der Waals surface area contributed by atoms with Gasteiger partial charge < -0.3 is 10.2 Å². The maximum absolute atomic E-state index is 12.1. The summed E-state index contributed by atoms with van der Waals surface area (Å²) in [6.07, 6.45) is 2.65. The molecule has 2 rings (SSSR count). The van der Waals surface area contributed by atoms with Gasteiger partial charge in [-0.3, -0.25) is 9.59 Å². The average molecular weight is 353 g/mol. The predicted molar refractivity (Wildman–Crippen MR) is 86.1 cm³/mol. The molecule has 1 aliphatic heterocycles. The molecular formula is C16H21BrN2O2. The van der Waals surface area contributed by atoms with E-state index in [4.69, 9.17) is 0 Å². The van der Waals surface area contributed by atoms with E-state index in [0.29, 0.717) is 24.4 Å². The van der Waals surface area contributed by atoms with Crippen molar-refractivity contribution in [3.05, 3.63) is 34.3 Å². The second-order valence-corrected chi connectivity index (χ2v) is 6.52. The highest BCUT2D eigenvalue weighted by molar-refractivity contribution is 9.10. The second-order valence-electron chi connectivity index (χ2n) is 5.60. The molecule has 2 amide bonds. The predicted octanol–water partition coefficient (Wildman–Crippen LogP) is 2.83. The molecule has 1 aromatic carbocycles. The van der Waals surface area contributed by atoms with Crippen LogP contribution in [0, 0.1) is 5.92 Å². The lowest BCUT2D eigenvalue weighted by Crippen LogP contribution is -2.40. The van der Waals surface area contributed by atoms with Gasteiger partial charge in [0.1, 0.15) is 0 Å². The van der Waals surface area contributed by atoms with Crippen molar-refractivity contribution < 1.29 is 9.59 Å².